The van der Waals surface area contributed by atoms with Crippen LogP contribution in [-0.4, -0.2) is 65.5 Å². The van der Waals surface area contributed by atoms with E-state index in [-0.39, 0.29) is 24.9 Å². The number of rotatable bonds is 6. The molecule has 7 nitrogen and oxygen atoms in total. The maximum absolute atomic E-state index is 12.3. The van der Waals surface area contributed by atoms with Crippen molar-refractivity contribution in [1.82, 2.24) is 15.1 Å². The fourth-order valence-corrected chi connectivity index (χ4v) is 3.51. The number of amides is 3. The van der Waals surface area contributed by atoms with Gasteiger partial charge in [0.05, 0.1) is 6.42 Å². The number of nitrogens with one attached hydrogen (secondary N) is 1. The normalized spacial score (nSPS) is 19.2. The number of nitrogens with zero attached hydrogens (tertiary/aromatic N) is 2. The molecule has 1 saturated carbocycles. The van der Waals surface area contributed by atoms with Crippen LogP contribution in [0.3, 0.4) is 0 Å². The maximum Gasteiger partial charge on any atom is 0.317 e. The summed E-state index contributed by atoms with van der Waals surface area (Å²) < 4.78 is 0. The summed E-state index contributed by atoms with van der Waals surface area (Å²) in [5.41, 5.74) is 0. The van der Waals surface area contributed by atoms with Gasteiger partial charge in [-0.2, -0.15) is 0 Å². The summed E-state index contributed by atoms with van der Waals surface area (Å²) in [6.07, 6.45) is 7.99. The molecule has 1 heterocycles. The van der Waals surface area contributed by atoms with E-state index in [0.29, 0.717) is 38.5 Å². The summed E-state index contributed by atoms with van der Waals surface area (Å²) in [5, 5.41) is 11.2. The van der Waals surface area contributed by atoms with Crippen molar-refractivity contribution >= 4 is 17.9 Å². The minimum atomic E-state index is -0.927. The number of carbonyl (C=O) groups is 3. The highest BCUT2D eigenvalue weighted by atomic mass is 16.4. The van der Waals surface area contributed by atoms with Crippen LogP contribution in [0.2, 0.25) is 0 Å². The highest BCUT2D eigenvalue weighted by Crippen LogP contribution is 2.27. The van der Waals surface area contributed by atoms with Crippen LogP contribution in [0.5, 0.6) is 0 Å². The van der Waals surface area contributed by atoms with E-state index in [4.69, 9.17) is 5.11 Å². The Balaban J connectivity index is 1.63. The van der Waals surface area contributed by atoms with E-state index in [0.717, 1.165) is 6.42 Å². The van der Waals surface area contributed by atoms with Gasteiger partial charge in [-0.15, -0.1) is 0 Å². The number of carboxylic acids is 1. The van der Waals surface area contributed by atoms with E-state index in [2.05, 4.69) is 5.32 Å². The van der Waals surface area contributed by atoms with Crippen molar-refractivity contribution in [2.24, 2.45) is 5.92 Å². The monoisotopic (exact) mass is 339 g/mol. The van der Waals surface area contributed by atoms with Gasteiger partial charge in [0.25, 0.3) is 0 Å². The van der Waals surface area contributed by atoms with E-state index in [1.807, 2.05) is 4.90 Å². The van der Waals surface area contributed by atoms with Gasteiger partial charge in [0.2, 0.25) is 5.91 Å². The molecule has 0 aromatic carbocycles. The van der Waals surface area contributed by atoms with Gasteiger partial charge in [0.1, 0.15) is 0 Å². The van der Waals surface area contributed by atoms with E-state index < -0.39 is 5.97 Å². The Hall–Kier alpha value is -1.79. The van der Waals surface area contributed by atoms with E-state index >= 15 is 0 Å². The van der Waals surface area contributed by atoms with Gasteiger partial charge in [-0.3, -0.25) is 9.59 Å². The zero-order chi connectivity index (χ0) is 17.4. The van der Waals surface area contributed by atoms with Crippen LogP contribution < -0.4 is 5.32 Å². The number of piperazine rings is 1. The standard InChI is InChI=1S/C17H29N3O4/c21-15(7-6-14-4-2-1-3-5-14)19-10-12-20(13-11-19)17(24)18-9-8-16(22)23/h14H,1-13H2,(H,18,24)(H,22,23). The Morgan fingerprint density at radius 2 is 1.54 bits per heavy atom. The molecule has 136 valence electrons. The Kier molecular flexibility index (Phi) is 7.34. The number of hydrogen-bond donors (Lipinski definition) is 2. The van der Waals surface area contributed by atoms with E-state index in [1.165, 1.54) is 32.1 Å². The zero-order valence-electron chi connectivity index (χ0n) is 14.3. The fraction of sp³-hybridized carbons (Fsp3) is 0.824. The van der Waals surface area contributed by atoms with Crippen molar-refractivity contribution in [3.05, 3.63) is 0 Å². The van der Waals surface area contributed by atoms with Crippen LogP contribution in [0.25, 0.3) is 0 Å². The van der Waals surface area contributed by atoms with Crippen molar-refractivity contribution < 1.29 is 19.5 Å². The Morgan fingerprint density at radius 1 is 0.917 bits per heavy atom. The van der Waals surface area contributed by atoms with Crippen molar-refractivity contribution in [2.75, 3.05) is 32.7 Å². The molecule has 0 aromatic heterocycles. The van der Waals surface area contributed by atoms with Gasteiger partial charge in [-0.25, -0.2) is 4.79 Å². The molecule has 1 aliphatic carbocycles. The van der Waals surface area contributed by atoms with Crippen molar-refractivity contribution in [3.8, 4) is 0 Å². The van der Waals surface area contributed by atoms with Crippen LogP contribution in [0.4, 0.5) is 4.79 Å². The SMILES string of the molecule is O=C(O)CCNC(=O)N1CCN(C(=O)CCC2CCCCC2)CC1. The summed E-state index contributed by atoms with van der Waals surface area (Å²) in [4.78, 5) is 38.2. The van der Waals surface area contributed by atoms with Gasteiger partial charge in [0, 0.05) is 39.1 Å². The number of aliphatic carboxylic acids is 1. The molecular formula is C17H29N3O4. The van der Waals surface area contributed by atoms with Crippen LogP contribution in [-0.2, 0) is 9.59 Å². The van der Waals surface area contributed by atoms with E-state index in [9.17, 15) is 14.4 Å². The molecule has 2 rings (SSSR count). The summed E-state index contributed by atoms with van der Waals surface area (Å²) in [6.45, 7) is 2.28. The topological polar surface area (TPSA) is 89.9 Å². The molecule has 2 N–H and O–H groups in total. The van der Waals surface area contributed by atoms with Crippen molar-refractivity contribution in [3.63, 3.8) is 0 Å². The Labute approximate surface area is 143 Å². The summed E-state index contributed by atoms with van der Waals surface area (Å²) in [5.74, 6) is -0.0146. The van der Waals surface area contributed by atoms with Crippen LogP contribution >= 0.6 is 0 Å². The zero-order valence-corrected chi connectivity index (χ0v) is 14.3. The first-order chi connectivity index (χ1) is 11.6. The van der Waals surface area contributed by atoms with E-state index in [1.54, 1.807) is 4.90 Å². The number of carbonyl (C=O) groups excluding carboxylic acids is 2. The largest absolute Gasteiger partial charge is 0.481 e. The second kappa shape index (κ2) is 9.49. The lowest BCUT2D eigenvalue weighted by Crippen LogP contribution is -2.53. The number of urea groups is 1. The lowest BCUT2D eigenvalue weighted by molar-refractivity contribution is -0.137. The Bertz CT molecular complexity index is 441. The molecule has 0 aromatic rings. The molecule has 1 aliphatic heterocycles. The quantitative estimate of drug-likeness (QED) is 0.770. The second-order valence-electron chi connectivity index (χ2n) is 6.79. The number of hydrogen-bond acceptors (Lipinski definition) is 3. The molecule has 2 fully saturated rings. The average Bonchev–Trinajstić information content (AvgIpc) is 2.60. The Morgan fingerprint density at radius 3 is 2.17 bits per heavy atom. The lowest BCUT2D eigenvalue weighted by atomic mass is 9.86. The highest BCUT2D eigenvalue weighted by molar-refractivity contribution is 5.78. The summed E-state index contributed by atoms with van der Waals surface area (Å²) in [7, 11) is 0. The summed E-state index contributed by atoms with van der Waals surface area (Å²) >= 11 is 0. The van der Waals surface area contributed by atoms with Crippen molar-refractivity contribution in [1.29, 1.82) is 0 Å². The predicted molar refractivity (Wildman–Crippen MR) is 89.6 cm³/mol. The van der Waals surface area contributed by atoms with Gasteiger partial charge >= 0.3 is 12.0 Å². The van der Waals surface area contributed by atoms with Gasteiger partial charge in [-0.1, -0.05) is 32.1 Å². The minimum Gasteiger partial charge on any atom is -0.481 e. The first-order valence-electron chi connectivity index (χ1n) is 9.08. The second-order valence-corrected chi connectivity index (χ2v) is 6.79. The fourth-order valence-electron chi connectivity index (χ4n) is 3.51. The highest BCUT2D eigenvalue weighted by Gasteiger charge is 2.24. The average molecular weight is 339 g/mol. The molecule has 0 radical (unpaired) electrons. The van der Waals surface area contributed by atoms with Crippen LogP contribution in [0.1, 0.15) is 51.4 Å². The molecule has 7 heteroatoms. The lowest BCUT2D eigenvalue weighted by Gasteiger charge is -2.35. The predicted octanol–water partition coefficient (Wildman–Crippen LogP) is 1.68. The first-order valence-corrected chi connectivity index (χ1v) is 9.08. The summed E-state index contributed by atoms with van der Waals surface area (Å²) in [6, 6.07) is -0.245. The van der Waals surface area contributed by atoms with Gasteiger partial charge < -0.3 is 20.2 Å². The third kappa shape index (κ3) is 6.02. The van der Waals surface area contributed by atoms with Crippen LogP contribution in [0.15, 0.2) is 0 Å². The molecule has 0 spiro atoms. The molecule has 2 aliphatic rings. The molecular weight excluding hydrogens is 310 g/mol. The first kappa shape index (κ1) is 18.5. The van der Waals surface area contributed by atoms with Crippen LogP contribution in [0, 0.1) is 5.92 Å². The van der Waals surface area contributed by atoms with Gasteiger partial charge in [-0.05, 0) is 12.3 Å². The smallest absolute Gasteiger partial charge is 0.317 e. The molecule has 0 unspecified atom stereocenters. The third-order valence-electron chi connectivity index (χ3n) is 5.03. The van der Waals surface area contributed by atoms with Gasteiger partial charge in [0.15, 0.2) is 0 Å². The molecule has 3 amide bonds. The molecule has 0 atom stereocenters. The number of carboxylic acid groups (broad SMARTS) is 1. The third-order valence-corrected chi connectivity index (χ3v) is 5.03. The maximum atomic E-state index is 12.3. The van der Waals surface area contributed by atoms with Crippen molar-refractivity contribution in [2.45, 2.75) is 51.4 Å². The molecule has 1 saturated heterocycles. The molecule has 24 heavy (non-hydrogen) atoms. The molecule has 0 bridgehead atoms. The minimum absolute atomic E-state index is 0.0780.